The third-order valence-corrected chi connectivity index (χ3v) is 2.47. The molecule has 2 rings (SSSR count). The van der Waals surface area contributed by atoms with E-state index in [0.29, 0.717) is 11.0 Å². The van der Waals surface area contributed by atoms with Gasteiger partial charge >= 0.3 is 0 Å². The van der Waals surface area contributed by atoms with Gasteiger partial charge in [-0.1, -0.05) is 41.9 Å². The fourth-order valence-corrected chi connectivity index (χ4v) is 1.55. The fraction of sp³-hybridized carbons (Fsp3) is 0. The highest BCUT2D eigenvalue weighted by Crippen LogP contribution is 2.20. The van der Waals surface area contributed by atoms with Crippen molar-refractivity contribution in [2.24, 2.45) is 10.7 Å². The van der Waals surface area contributed by atoms with Gasteiger partial charge < -0.3 is 11.1 Å². The van der Waals surface area contributed by atoms with Crippen LogP contribution in [0.1, 0.15) is 0 Å². The Labute approximate surface area is 105 Å². The molecule has 0 heterocycles. The maximum absolute atomic E-state index is 6.00. The number of aliphatic imine (C=N–C) groups is 1. The van der Waals surface area contributed by atoms with E-state index in [1.165, 1.54) is 0 Å². The summed E-state index contributed by atoms with van der Waals surface area (Å²) in [4.78, 5) is 4.22. The molecule has 0 radical (unpaired) electrons. The monoisotopic (exact) mass is 245 g/mol. The number of para-hydroxylation sites is 2. The van der Waals surface area contributed by atoms with Crippen molar-refractivity contribution < 1.29 is 0 Å². The highest BCUT2D eigenvalue weighted by Gasteiger charge is 1.99. The molecular formula is C13H12ClN3. The quantitative estimate of drug-likeness (QED) is 0.629. The maximum Gasteiger partial charge on any atom is 0.198 e. The molecule has 3 nitrogen and oxygen atoms in total. The van der Waals surface area contributed by atoms with Crippen molar-refractivity contribution in [2.75, 3.05) is 5.32 Å². The third kappa shape index (κ3) is 3.23. The van der Waals surface area contributed by atoms with Gasteiger partial charge in [0.2, 0.25) is 0 Å². The molecule has 4 heteroatoms. The molecule has 0 atom stereocenters. The predicted molar refractivity (Wildman–Crippen MR) is 72.8 cm³/mol. The van der Waals surface area contributed by atoms with Crippen molar-refractivity contribution in [2.45, 2.75) is 0 Å². The van der Waals surface area contributed by atoms with E-state index in [1.54, 1.807) is 6.07 Å². The molecule has 0 aliphatic rings. The lowest BCUT2D eigenvalue weighted by molar-refractivity contribution is 1.44. The number of anilines is 1. The van der Waals surface area contributed by atoms with Crippen LogP contribution in [0.4, 0.5) is 11.4 Å². The van der Waals surface area contributed by atoms with Crippen LogP contribution < -0.4 is 11.1 Å². The topological polar surface area (TPSA) is 50.4 Å². The van der Waals surface area contributed by atoms with Crippen LogP contribution in [0.15, 0.2) is 59.6 Å². The molecule has 0 saturated carbocycles. The Bertz CT molecular complexity index is 523. The summed E-state index contributed by atoms with van der Waals surface area (Å²) in [6.07, 6.45) is 0. The van der Waals surface area contributed by atoms with E-state index in [0.717, 1.165) is 11.4 Å². The average Bonchev–Trinajstić information content (AvgIpc) is 2.33. The Morgan fingerprint density at radius 1 is 1.00 bits per heavy atom. The number of halogens is 1. The summed E-state index contributed by atoms with van der Waals surface area (Å²) < 4.78 is 0. The van der Waals surface area contributed by atoms with Crippen LogP contribution >= 0.6 is 11.6 Å². The summed E-state index contributed by atoms with van der Waals surface area (Å²) in [6, 6.07) is 16.9. The Morgan fingerprint density at radius 2 is 1.65 bits per heavy atom. The number of rotatable bonds is 2. The van der Waals surface area contributed by atoms with Gasteiger partial charge in [0.25, 0.3) is 0 Å². The predicted octanol–water partition coefficient (Wildman–Crippen LogP) is 3.40. The third-order valence-electron chi connectivity index (χ3n) is 2.14. The molecule has 0 unspecified atom stereocenters. The zero-order chi connectivity index (χ0) is 12.1. The van der Waals surface area contributed by atoms with Crippen LogP contribution in [0.25, 0.3) is 0 Å². The lowest BCUT2D eigenvalue weighted by Crippen LogP contribution is -2.22. The van der Waals surface area contributed by atoms with Crippen LogP contribution in [0, 0.1) is 0 Å². The molecule has 0 aliphatic heterocycles. The zero-order valence-electron chi connectivity index (χ0n) is 9.10. The van der Waals surface area contributed by atoms with Gasteiger partial charge in [-0.15, -0.1) is 0 Å². The number of guanidine groups is 1. The van der Waals surface area contributed by atoms with E-state index >= 15 is 0 Å². The molecule has 2 aromatic rings. The normalized spacial score (nSPS) is 11.2. The molecule has 3 N–H and O–H groups in total. The van der Waals surface area contributed by atoms with E-state index in [4.69, 9.17) is 17.3 Å². The van der Waals surface area contributed by atoms with E-state index in [-0.39, 0.29) is 0 Å². The second kappa shape index (κ2) is 5.37. The summed E-state index contributed by atoms with van der Waals surface area (Å²) in [6.45, 7) is 0. The van der Waals surface area contributed by atoms with Gasteiger partial charge in [-0.25, -0.2) is 4.99 Å². The number of hydrogen-bond donors (Lipinski definition) is 2. The summed E-state index contributed by atoms with van der Waals surface area (Å²) in [5.74, 6) is 0.310. The van der Waals surface area contributed by atoms with Gasteiger partial charge in [0, 0.05) is 0 Å². The van der Waals surface area contributed by atoms with Crippen LogP contribution in [0.3, 0.4) is 0 Å². The number of nitrogens with two attached hydrogens (primary N) is 1. The SMILES string of the molecule is NC(=Nc1ccccc1)Nc1ccccc1Cl. The first-order valence-electron chi connectivity index (χ1n) is 5.16. The van der Waals surface area contributed by atoms with Crippen molar-refractivity contribution in [1.82, 2.24) is 0 Å². The van der Waals surface area contributed by atoms with Crippen molar-refractivity contribution >= 4 is 28.9 Å². The van der Waals surface area contributed by atoms with E-state index in [1.807, 2.05) is 48.5 Å². The molecule has 0 fully saturated rings. The highest BCUT2D eigenvalue weighted by atomic mass is 35.5. The van der Waals surface area contributed by atoms with Gasteiger partial charge in [0.15, 0.2) is 5.96 Å². The van der Waals surface area contributed by atoms with Gasteiger partial charge in [-0.2, -0.15) is 0 Å². The smallest absolute Gasteiger partial charge is 0.198 e. The first kappa shape index (κ1) is 11.5. The molecular weight excluding hydrogens is 234 g/mol. The van der Waals surface area contributed by atoms with Crippen LogP contribution in [-0.4, -0.2) is 5.96 Å². The van der Waals surface area contributed by atoms with Crippen LogP contribution in [-0.2, 0) is 0 Å². The molecule has 0 bridgehead atoms. The standard InChI is InChI=1S/C13H12ClN3/c14-11-8-4-5-9-12(11)17-13(15)16-10-6-2-1-3-7-10/h1-9H,(H3,15,16,17). The number of nitrogens with one attached hydrogen (secondary N) is 1. The van der Waals surface area contributed by atoms with Crippen LogP contribution in [0.2, 0.25) is 5.02 Å². The molecule has 2 aromatic carbocycles. The minimum absolute atomic E-state index is 0.310. The van der Waals surface area contributed by atoms with Crippen molar-refractivity contribution in [1.29, 1.82) is 0 Å². The van der Waals surface area contributed by atoms with Crippen LogP contribution in [0.5, 0.6) is 0 Å². The molecule has 0 saturated heterocycles. The molecule has 0 spiro atoms. The van der Waals surface area contributed by atoms with E-state index in [9.17, 15) is 0 Å². The fourth-order valence-electron chi connectivity index (χ4n) is 1.37. The van der Waals surface area contributed by atoms with Gasteiger partial charge in [-0.05, 0) is 24.3 Å². The second-order valence-corrected chi connectivity index (χ2v) is 3.84. The lowest BCUT2D eigenvalue weighted by Gasteiger charge is -2.06. The average molecular weight is 246 g/mol. The summed E-state index contributed by atoms with van der Waals surface area (Å²) in [5, 5.41) is 3.56. The number of nitrogens with zero attached hydrogens (tertiary/aromatic N) is 1. The van der Waals surface area contributed by atoms with Crippen molar-refractivity contribution in [3.8, 4) is 0 Å². The van der Waals surface area contributed by atoms with Crippen molar-refractivity contribution in [3.63, 3.8) is 0 Å². The Balaban J connectivity index is 2.15. The number of hydrogen-bond acceptors (Lipinski definition) is 1. The largest absolute Gasteiger partial charge is 0.369 e. The molecule has 0 amide bonds. The van der Waals surface area contributed by atoms with Gasteiger partial charge in [-0.3, -0.25) is 0 Å². The molecule has 0 aromatic heterocycles. The van der Waals surface area contributed by atoms with Gasteiger partial charge in [0.05, 0.1) is 16.4 Å². The van der Waals surface area contributed by atoms with E-state index < -0.39 is 0 Å². The minimum atomic E-state index is 0.310. The zero-order valence-corrected chi connectivity index (χ0v) is 9.85. The minimum Gasteiger partial charge on any atom is -0.369 e. The summed E-state index contributed by atoms with van der Waals surface area (Å²) >= 11 is 6.00. The molecule has 17 heavy (non-hydrogen) atoms. The Hall–Kier alpha value is -2.00. The van der Waals surface area contributed by atoms with Gasteiger partial charge in [0.1, 0.15) is 0 Å². The highest BCUT2D eigenvalue weighted by molar-refractivity contribution is 6.33. The Kier molecular flexibility index (Phi) is 3.62. The summed E-state index contributed by atoms with van der Waals surface area (Å²) in [7, 11) is 0. The summed E-state index contributed by atoms with van der Waals surface area (Å²) in [5.41, 5.74) is 7.32. The Morgan fingerprint density at radius 3 is 2.35 bits per heavy atom. The maximum atomic E-state index is 6.00. The second-order valence-electron chi connectivity index (χ2n) is 3.44. The number of benzene rings is 2. The first-order chi connectivity index (χ1) is 8.25. The molecule has 86 valence electrons. The lowest BCUT2D eigenvalue weighted by atomic mass is 10.3. The molecule has 0 aliphatic carbocycles. The van der Waals surface area contributed by atoms with Crippen molar-refractivity contribution in [3.05, 3.63) is 59.6 Å². The first-order valence-corrected chi connectivity index (χ1v) is 5.54. The van der Waals surface area contributed by atoms with E-state index in [2.05, 4.69) is 10.3 Å².